The average molecular weight is 377 g/mol. The molecule has 9 heteroatoms. The van der Waals surface area contributed by atoms with Crippen LogP contribution in [0.2, 0.25) is 5.02 Å². The first-order chi connectivity index (χ1) is 12.5. The number of hydrogen-bond acceptors (Lipinski definition) is 6. The molecule has 1 saturated heterocycles. The third-order valence-corrected chi connectivity index (χ3v) is 4.25. The number of rotatable bonds is 5. The molecule has 1 unspecified atom stereocenters. The monoisotopic (exact) mass is 376 g/mol. The minimum Gasteiger partial charge on any atom is -0.479 e. The van der Waals surface area contributed by atoms with Gasteiger partial charge in [0.05, 0.1) is 26.3 Å². The van der Waals surface area contributed by atoms with Gasteiger partial charge in [-0.15, -0.1) is 0 Å². The minimum absolute atomic E-state index is 0.119. The van der Waals surface area contributed by atoms with Gasteiger partial charge in [0.2, 0.25) is 17.7 Å². The SMILES string of the molecule is COc1ncc(NC(=O)C2CC(=O)N(c3ccc(Cl)cc3)C2)c(OC)n1. The summed E-state index contributed by atoms with van der Waals surface area (Å²) in [5, 5.41) is 3.30. The number of anilines is 2. The van der Waals surface area contributed by atoms with E-state index >= 15 is 0 Å². The summed E-state index contributed by atoms with van der Waals surface area (Å²) in [5.74, 6) is -0.735. The van der Waals surface area contributed by atoms with E-state index in [9.17, 15) is 9.59 Å². The Bertz CT molecular complexity index is 828. The van der Waals surface area contributed by atoms with Crippen LogP contribution in [-0.2, 0) is 9.59 Å². The molecule has 1 fully saturated rings. The maximum Gasteiger partial charge on any atom is 0.319 e. The molecule has 3 rings (SSSR count). The van der Waals surface area contributed by atoms with Crippen molar-refractivity contribution in [1.82, 2.24) is 9.97 Å². The molecule has 0 saturated carbocycles. The van der Waals surface area contributed by atoms with E-state index < -0.39 is 5.92 Å². The van der Waals surface area contributed by atoms with Crippen molar-refractivity contribution in [3.05, 3.63) is 35.5 Å². The van der Waals surface area contributed by atoms with E-state index in [-0.39, 0.29) is 36.7 Å². The Balaban J connectivity index is 1.71. The molecule has 8 nitrogen and oxygen atoms in total. The van der Waals surface area contributed by atoms with Crippen molar-refractivity contribution in [2.75, 3.05) is 31.0 Å². The van der Waals surface area contributed by atoms with Crippen LogP contribution in [0.25, 0.3) is 0 Å². The van der Waals surface area contributed by atoms with Crippen LogP contribution < -0.4 is 19.7 Å². The van der Waals surface area contributed by atoms with Crippen molar-refractivity contribution in [1.29, 1.82) is 0 Å². The summed E-state index contributed by atoms with van der Waals surface area (Å²) in [6, 6.07) is 7.04. The molecule has 0 radical (unpaired) electrons. The number of benzene rings is 1. The Hall–Kier alpha value is -2.87. The van der Waals surface area contributed by atoms with Crippen molar-refractivity contribution < 1.29 is 19.1 Å². The van der Waals surface area contributed by atoms with Gasteiger partial charge in [-0.1, -0.05) is 11.6 Å². The number of nitrogens with zero attached hydrogens (tertiary/aromatic N) is 3. The van der Waals surface area contributed by atoms with E-state index in [4.69, 9.17) is 21.1 Å². The van der Waals surface area contributed by atoms with Gasteiger partial charge in [-0.05, 0) is 24.3 Å². The molecular formula is C17H17ClN4O4. The van der Waals surface area contributed by atoms with Gasteiger partial charge >= 0.3 is 6.01 Å². The highest BCUT2D eigenvalue weighted by atomic mass is 35.5. The van der Waals surface area contributed by atoms with Crippen LogP contribution in [0.3, 0.4) is 0 Å². The van der Waals surface area contributed by atoms with Crippen molar-refractivity contribution in [3.63, 3.8) is 0 Å². The molecule has 0 bridgehead atoms. The molecular weight excluding hydrogens is 360 g/mol. The van der Waals surface area contributed by atoms with E-state index in [2.05, 4.69) is 15.3 Å². The average Bonchev–Trinajstić information content (AvgIpc) is 3.04. The second-order valence-corrected chi connectivity index (χ2v) is 6.09. The summed E-state index contributed by atoms with van der Waals surface area (Å²) < 4.78 is 10.1. The van der Waals surface area contributed by atoms with Crippen molar-refractivity contribution in [3.8, 4) is 11.9 Å². The molecule has 0 spiro atoms. The number of halogens is 1. The Kier molecular flexibility index (Phi) is 5.22. The first-order valence-corrected chi connectivity index (χ1v) is 8.21. The van der Waals surface area contributed by atoms with E-state index in [0.29, 0.717) is 16.4 Å². The van der Waals surface area contributed by atoms with Crippen molar-refractivity contribution in [2.24, 2.45) is 5.92 Å². The zero-order chi connectivity index (χ0) is 18.7. The highest BCUT2D eigenvalue weighted by Crippen LogP contribution is 2.28. The number of carbonyl (C=O) groups excluding carboxylic acids is 2. The molecule has 2 amide bonds. The summed E-state index contributed by atoms with van der Waals surface area (Å²) in [6.45, 7) is 0.283. The molecule has 1 aliphatic heterocycles. The Morgan fingerprint density at radius 3 is 2.65 bits per heavy atom. The van der Waals surface area contributed by atoms with Crippen molar-refractivity contribution >= 4 is 34.8 Å². The largest absolute Gasteiger partial charge is 0.479 e. The lowest BCUT2D eigenvalue weighted by Crippen LogP contribution is -2.28. The van der Waals surface area contributed by atoms with Gasteiger partial charge in [-0.2, -0.15) is 4.98 Å². The lowest BCUT2D eigenvalue weighted by Gasteiger charge is -2.17. The summed E-state index contributed by atoms with van der Waals surface area (Å²) in [5.41, 5.74) is 1.02. The quantitative estimate of drug-likeness (QED) is 0.859. The topological polar surface area (TPSA) is 93.6 Å². The fourth-order valence-corrected chi connectivity index (χ4v) is 2.81. The molecule has 1 N–H and O–H groups in total. The zero-order valence-corrected chi connectivity index (χ0v) is 15.0. The van der Waals surface area contributed by atoms with E-state index in [0.717, 1.165) is 0 Å². The van der Waals surface area contributed by atoms with Crippen LogP contribution in [-0.4, -0.2) is 42.5 Å². The fourth-order valence-electron chi connectivity index (χ4n) is 2.68. The summed E-state index contributed by atoms with van der Waals surface area (Å²) in [7, 11) is 2.86. The molecule has 136 valence electrons. The highest BCUT2D eigenvalue weighted by molar-refractivity contribution is 6.30. The Morgan fingerprint density at radius 1 is 1.27 bits per heavy atom. The number of hydrogen-bond donors (Lipinski definition) is 1. The summed E-state index contributed by atoms with van der Waals surface area (Å²) >= 11 is 5.87. The molecule has 1 atom stereocenters. The number of ether oxygens (including phenoxy) is 2. The normalized spacial score (nSPS) is 16.5. The van der Waals surface area contributed by atoms with Crippen LogP contribution in [0.5, 0.6) is 11.9 Å². The van der Waals surface area contributed by atoms with Gasteiger partial charge in [0.25, 0.3) is 0 Å². The van der Waals surface area contributed by atoms with Gasteiger partial charge in [0.15, 0.2) is 0 Å². The first kappa shape index (κ1) is 17.9. The molecule has 0 aliphatic carbocycles. The molecule has 2 heterocycles. The van der Waals surface area contributed by atoms with Gasteiger partial charge in [-0.3, -0.25) is 9.59 Å². The molecule has 26 heavy (non-hydrogen) atoms. The predicted molar refractivity (Wildman–Crippen MR) is 95.7 cm³/mol. The predicted octanol–water partition coefficient (Wildman–Crippen LogP) is 2.14. The Morgan fingerprint density at radius 2 is 2.00 bits per heavy atom. The third-order valence-electron chi connectivity index (χ3n) is 4.00. The van der Waals surface area contributed by atoms with Crippen LogP contribution >= 0.6 is 11.6 Å². The maximum atomic E-state index is 12.6. The summed E-state index contributed by atoms with van der Waals surface area (Å²) in [4.78, 5) is 34.4. The van der Waals surface area contributed by atoms with Crippen molar-refractivity contribution in [2.45, 2.75) is 6.42 Å². The van der Waals surface area contributed by atoms with Crippen LogP contribution in [0.1, 0.15) is 6.42 Å². The Labute approximate surface area is 155 Å². The number of amides is 2. The number of carbonyl (C=O) groups is 2. The van der Waals surface area contributed by atoms with Crippen LogP contribution in [0.15, 0.2) is 30.5 Å². The number of aromatic nitrogens is 2. The lowest BCUT2D eigenvalue weighted by atomic mass is 10.1. The maximum absolute atomic E-state index is 12.6. The zero-order valence-electron chi connectivity index (χ0n) is 14.2. The second kappa shape index (κ2) is 7.57. The van der Waals surface area contributed by atoms with Gasteiger partial charge in [0, 0.05) is 23.7 Å². The molecule has 2 aromatic rings. The molecule has 1 aromatic heterocycles. The van der Waals surface area contributed by atoms with Gasteiger partial charge < -0.3 is 19.7 Å². The van der Waals surface area contributed by atoms with Gasteiger partial charge in [0.1, 0.15) is 5.69 Å². The van der Waals surface area contributed by atoms with Crippen LogP contribution in [0, 0.1) is 5.92 Å². The van der Waals surface area contributed by atoms with E-state index in [1.165, 1.54) is 20.4 Å². The number of methoxy groups -OCH3 is 2. The van der Waals surface area contributed by atoms with E-state index in [1.807, 2.05) is 0 Å². The second-order valence-electron chi connectivity index (χ2n) is 5.65. The first-order valence-electron chi connectivity index (χ1n) is 7.83. The third kappa shape index (κ3) is 3.70. The van der Waals surface area contributed by atoms with Crippen LogP contribution in [0.4, 0.5) is 11.4 Å². The smallest absolute Gasteiger partial charge is 0.319 e. The molecule has 1 aromatic carbocycles. The lowest BCUT2D eigenvalue weighted by molar-refractivity contribution is -0.122. The standard InChI is InChI=1S/C17H17ClN4O4/c1-25-16-13(8-19-17(21-16)26-2)20-15(24)10-7-14(23)22(9-10)12-5-3-11(18)4-6-12/h3-6,8,10H,7,9H2,1-2H3,(H,20,24). The number of nitrogens with one attached hydrogen (secondary N) is 1. The fraction of sp³-hybridized carbons (Fsp3) is 0.294. The van der Waals surface area contributed by atoms with E-state index in [1.54, 1.807) is 29.2 Å². The minimum atomic E-state index is -0.495. The van der Waals surface area contributed by atoms with Gasteiger partial charge in [-0.25, -0.2) is 4.98 Å². The molecule has 1 aliphatic rings. The summed E-state index contributed by atoms with van der Waals surface area (Å²) in [6.07, 6.45) is 1.52. The highest BCUT2D eigenvalue weighted by Gasteiger charge is 2.35.